The van der Waals surface area contributed by atoms with Crippen LogP contribution < -0.4 is 38.9 Å². The summed E-state index contributed by atoms with van der Waals surface area (Å²) in [6.45, 7) is 3.81. The first-order chi connectivity index (χ1) is 15.3. The van der Waals surface area contributed by atoms with E-state index in [1.807, 2.05) is 5.32 Å². The van der Waals surface area contributed by atoms with Gasteiger partial charge in [-0.3, -0.25) is 24.0 Å². The van der Waals surface area contributed by atoms with Gasteiger partial charge in [0.05, 0.1) is 18.9 Å². The molecule has 5 amide bonds. The number of carbonyl (C=O) groups excluding carboxylic acids is 5. The predicted molar refractivity (Wildman–Crippen MR) is 117 cm³/mol. The number of carbonyl (C=O) groups is 6. The molecule has 0 aromatic carbocycles. The quantitative estimate of drug-likeness (QED) is 0.103. The van der Waals surface area contributed by atoms with Crippen molar-refractivity contribution in [3.8, 4) is 0 Å². The second kappa shape index (κ2) is 14.7. The number of carboxylic acids is 1. The van der Waals surface area contributed by atoms with Crippen LogP contribution in [0.25, 0.3) is 0 Å². The van der Waals surface area contributed by atoms with Crippen LogP contribution in [0, 0.1) is 5.92 Å². The van der Waals surface area contributed by atoms with E-state index in [4.69, 9.17) is 28.0 Å². The number of nitrogens with two attached hydrogens (primary N) is 4. The first kappa shape index (κ1) is 29.7. The third-order valence-corrected chi connectivity index (χ3v) is 4.66. The molecule has 0 fully saturated rings. The lowest BCUT2D eigenvalue weighted by Gasteiger charge is -2.25. The number of carboxylic acid groups (broad SMARTS) is 1. The molecule has 0 aromatic rings. The monoisotopic (exact) mass is 473 g/mol. The van der Waals surface area contributed by atoms with Crippen molar-refractivity contribution in [3.63, 3.8) is 0 Å². The largest absolute Gasteiger partial charge is 0.480 e. The summed E-state index contributed by atoms with van der Waals surface area (Å²) >= 11 is 0. The Labute approximate surface area is 191 Å². The molecule has 0 aliphatic heterocycles. The van der Waals surface area contributed by atoms with Gasteiger partial charge >= 0.3 is 5.97 Å². The van der Waals surface area contributed by atoms with Gasteiger partial charge in [-0.2, -0.15) is 0 Å². The minimum atomic E-state index is -1.67. The zero-order chi connectivity index (χ0) is 25.7. The molecular weight excluding hydrogens is 438 g/mol. The molecule has 0 heterocycles. The lowest BCUT2D eigenvalue weighted by atomic mass is 10.0. The molecule has 12 N–H and O–H groups in total. The molecule has 0 aromatic heterocycles. The van der Waals surface area contributed by atoms with Crippen LogP contribution in [0.5, 0.6) is 0 Å². The molecule has 4 unspecified atom stereocenters. The van der Waals surface area contributed by atoms with E-state index in [0.717, 1.165) is 0 Å². The summed E-state index contributed by atoms with van der Waals surface area (Å²) in [5.41, 5.74) is 21.4. The molecule has 0 saturated heterocycles. The van der Waals surface area contributed by atoms with Crippen LogP contribution in [0.4, 0.5) is 0 Å². The highest BCUT2D eigenvalue weighted by atomic mass is 16.4. The van der Waals surface area contributed by atoms with Gasteiger partial charge in [0.1, 0.15) is 18.1 Å². The van der Waals surface area contributed by atoms with Crippen LogP contribution in [-0.4, -0.2) is 71.3 Å². The molecule has 0 rings (SSSR count). The van der Waals surface area contributed by atoms with Crippen LogP contribution >= 0.6 is 0 Å². The van der Waals surface area contributed by atoms with Crippen molar-refractivity contribution < 1.29 is 33.9 Å². The Hall–Kier alpha value is -3.26. The molecule has 33 heavy (non-hydrogen) atoms. The first-order valence-electron chi connectivity index (χ1n) is 10.5. The second-order valence-corrected chi connectivity index (χ2v) is 7.92. The Bertz CT molecular complexity index is 729. The minimum absolute atomic E-state index is 0.171. The van der Waals surface area contributed by atoms with Crippen LogP contribution in [0.15, 0.2) is 0 Å². The lowest BCUT2D eigenvalue weighted by molar-refractivity contribution is -0.144. The molecule has 0 saturated carbocycles. The number of amides is 5. The summed E-state index contributed by atoms with van der Waals surface area (Å²) in [5, 5.41) is 16.0. The topological polar surface area (TPSA) is 263 Å². The highest BCUT2D eigenvalue weighted by Gasteiger charge is 2.31. The first-order valence-corrected chi connectivity index (χ1v) is 10.5. The van der Waals surface area contributed by atoms with Crippen LogP contribution in [0.1, 0.15) is 46.0 Å². The Kier molecular flexibility index (Phi) is 13.3. The molecule has 0 bridgehead atoms. The van der Waals surface area contributed by atoms with E-state index >= 15 is 0 Å². The Morgan fingerprint density at radius 3 is 1.67 bits per heavy atom. The summed E-state index contributed by atoms with van der Waals surface area (Å²) in [7, 11) is 0. The fourth-order valence-electron chi connectivity index (χ4n) is 2.69. The fraction of sp³-hybridized carbons (Fsp3) is 0.684. The maximum absolute atomic E-state index is 12.8. The average molecular weight is 474 g/mol. The van der Waals surface area contributed by atoms with E-state index in [1.54, 1.807) is 13.8 Å². The number of rotatable bonds is 16. The van der Waals surface area contributed by atoms with Crippen molar-refractivity contribution in [2.45, 2.75) is 70.1 Å². The maximum Gasteiger partial charge on any atom is 0.326 e. The number of nitrogens with one attached hydrogen (secondary N) is 3. The average Bonchev–Trinajstić information content (AvgIpc) is 2.70. The van der Waals surface area contributed by atoms with Crippen molar-refractivity contribution in [3.05, 3.63) is 0 Å². The molecule has 14 heteroatoms. The summed E-state index contributed by atoms with van der Waals surface area (Å²) in [6, 6.07) is -5.22. The van der Waals surface area contributed by atoms with Crippen LogP contribution in [0.2, 0.25) is 0 Å². The Balaban J connectivity index is 5.55. The number of unbranched alkanes of at least 4 members (excludes halogenated alkanes) is 1. The summed E-state index contributed by atoms with van der Waals surface area (Å²) in [6.07, 6.45) is -0.158. The Morgan fingerprint density at radius 2 is 1.21 bits per heavy atom. The van der Waals surface area contributed by atoms with Gasteiger partial charge in [0.15, 0.2) is 0 Å². The van der Waals surface area contributed by atoms with Crippen LogP contribution in [-0.2, 0) is 28.8 Å². The van der Waals surface area contributed by atoms with E-state index in [2.05, 4.69) is 10.6 Å². The minimum Gasteiger partial charge on any atom is -0.480 e. The molecule has 0 aliphatic rings. The molecule has 0 radical (unpaired) electrons. The summed E-state index contributed by atoms with van der Waals surface area (Å²) in [4.78, 5) is 71.5. The third kappa shape index (κ3) is 11.8. The number of hydrogen-bond acceptors (Lipinski definition) is 8. The number of primary amides is 2. The molecule has 14 nitrogen and oxygen atoms in total. The van der Waals surface area contributed by atoms with Gasteiger partial charge in [0.25, 0.3) is 0 Å². The van der Waals surface area contributed by atoms with E-state index in [-0.39, 0.29) is 12.3 Å². The zero-order valence-electron chi connectivity index (χ0n) is 18.8. The highest BCUT2D eigenvalue weighted by molar-refractivity contribution is 5.96. The standard InChI is InChI=1S/C19H35N7O7/c1-9(2)15(23)18(31)24-10(5-3-4-6-20)16(29)25-11(7-13(21)27)17(30)26-12(19(32)33)8-14(22)28/h9-12,15H,3-8,20,23H2,1-2H3,(H2,21,27)(H2,22,28)(H,24,31)(H,25,29)(H,26,30)(H,32,33). The van der Waals surface area contributed by atoms with Gasteiger partial charge in [-0.15, -0.1) is 0 Å². The second-order valence-electron chi connectivity index (χ2n) is 7.92. The van der Waals surface area contributed by atoms with Gasteiger partial charge in [-0.25, -0.2) is 4.79 Å². The number of hydrogen-bond donors (Lipinski definition) is 8. The van der Waals surface area contributed by atoms with Crippen molar-refractivity contribution in [1.29, 1.82) is 0 Å². The van der Waals surface area contributed by atoms with Gasteiger partial charge in [-0.1, -0.05) is 13.8 Å². The predicted octanol–water partition coefficient (Wildman–Crippen LogP) is -3.61. The van der Waals surface area contributed by atoms with Crippen molar-refractivity contribution >= 4 is 35.5 Å². The summed E-state index contributed by atoms with van der Waals surface area (Å²) in [5.74, 6) is -6.14. The van der Waals surface area contributed by atoms with E-state index in [0.29, 0.717) is 19.4 Å². The highest BCUT2D eigenvalue weighted by Crippen LogP contribution is 2.06. The van der Waals surface area contributed by atoms with Crippen molar-refractivity contribution in [2.75, 3.05) is 6.54 Å². The van der Waals surface area contributed by atoms with Crippen molar-refractivity contribution in [2.24, 2.45) is 28.9 Å². The fourth-order valence-corrected chi connectivity index (χ4v) is 2.69. The van der Waals surface area contributed by atoms with E-state index in [9.17, 15) is 28.8 Å². The third-order valence-electron chi connectivity index (χ3n) is 4.66. The smallest absolute Gasteiger partial charge is 0.326 e. The molecule has 188 valence electrons. The van der Waals surface area contributed by atoms with E-state index < -0.39 is 72.5 Å². The zero-order valence-corrected chi connectivity index (χ0v) is 18.8. The van der Waals surface area contributed by atoms with Crippen molar-refractivity contribution in [1.82, 2.24) is 16.0 Å². The lowest BCUT2D eigenvalue weighted by Crippen LogP contribution is -2.58. The molecular formula is C19H35N7O7. The van der Waals surface area contributed by atoms with Gasteiger partial charge < -0.3 is 44.0 Å². The molecule has 4 atom stereocenters. The molecule has 0 spiro atoms. The van der Waals surface area contributed by atoms with Gasteiger partial charge in [0.2, 0.25) is 29.5 Å². The van der Waals surface area contributed by atoms with Gasteiger partial charge in [0, 0.05) is 0 Å². The molecule has 0 aliphatic carbocycles. The van der Waals surface area contributed by atoms with E-state index in [1.165, 1.54) is 0 Å². The SMILES string of the molecule is CC(C)C(N)C(=O)NC(CCCCN)C(=O)NC(CC(N)=O)C(=O)NC(CC(N)=O)C(=O)O. The van der Waals surface area contributed by atoms with Gasteiger partial charge in [-0.05, 0) is 31.7 Å². The number of aliphatic carboxylic acids is 1. The normalized spacial score (nSPS) is 14.5. The van der Waals surface area contributed by atoms with Crippen LogP contribution in [0.3, 0.4) is 0 Å². The maximum atomic E-state index is 12.8. The summed E-state index contributed by atoms with van der Waals surface area (Å²) < 4.78 is 0. The Morgan fingerprint density at radius 1 is 0.758 bits per heavy atom.